The van der Waals surface area contributed by atoms with Crippen LogP contribution in [0.25, 0.3) is 11.5 Å². The number of nitrogens with zero attached hydrogens (tertiary/aromatic N) is 4. The Morgan fingerprint density at radius 2 is 1.85 bits per heavy atom. The highest BCUT2D eigenvalue weighted by Crippen LogP contribution is 2.40. The van der Waals surface area contributed by atoms with E-state index in [0.29, 0.717) is 16.7 Å². The highest BCUT2D eigenvalue weighted by Gasteiger charge is 2.44. The van der Waals surface area contributed by atoms with E-state index in [-0.39, 0.29) is 24.7 Å². The molecule has 0 spiro atoms. The van der Waals surface area contributed by atoms with Crippen LogP contribution in [0.5, 0.6) is 0 Å². The molecule has 2 aromatic carbocycles. The summed E-state index contributed by atoms with van der Waals surface area (Å²) < 4.78 is 82.6. The predicted molar refractivity (Wildman–Crippen MR) is 162 cm³/mol. The second-order valence-corrected chi connectivity index (χ2v) is 14.9. The number of piperidine rings is 1. The minimum atomic E-state index is -4.42. The highest BCUT2D eigenvalue weighted by atomic mass is 35.5. The number of carbonyl (C=O) groups excluding carboxylic acids is 3. The molecule has 0 bridgehead atoms. The van der Waals surface area contributed by atoms with Gasteiger partial charge in [-0.25, -0.2) is 26.4 Å². The number of sulfone groups is 1. The molecule has 0 radical (unpaired) electrons. The van der Waals surface area contributed by atoms with Gasteiger partial charge in [0, 0.05) is 24.9 Å². The minimum absolute atomic E-state index is 0.132. The molecule has 0 aliphatic carbocycles. The van der Waals surface area contributed by atoms with Crippen LogP contribution >= 0.6 is 11.6 Å². The molecule has 3 aromatic rings. The number of aromatic nitrogens is 2. The molecule has 252 valence electrons. The van der Waals surface area contributed by atoms with E-state index in [9.17, 15) is 31.6 Å². The number of alkyl carbamates (subject to hydrolysis) is 1. The number of carbonyl (C=O) groups is 3. The van der Waals surface area contributed by atoms with Crippen molar-refractivity contribution < 1.29 is 45.1 Å². The number of anilines is 1. The predicted octanol–water partition coefficient (Wildman–Crippen LogP) is 4.71. The normalized spacial score (nSPS) is 20.7. The highest BCUT2D eigenvalue weighted by molar-refractivity contribution is 7.91. The summed E-state index contributed by atoms with van der Waals surface area (Å²) in [5.74, 6) is -8.46. The molecule has 3 heterocycles. The molecule has 5 rings (SSSR count). The number of amides is 3. The van der Waals surface area contributed by atoms with Crippen molar-refractivity contribution in [2.75, 3.05) is 23.7 Å². The monoisotopic (exact) mass is 697 g/mol. The number of fused-ring (bicyclic) bond motifs is 1. The Kier molecular flexibility index (Phi) is 9.05. The van der Waals surface area contributed by atoms with Crippen LogP contribution in [0.3, 0.4) is 0 Å². The Hall–Kier alpha value is -4.18. The maximum absolute atomic E-state index is 15.7. The van der Waals surface area contributed by atoms with Gasteiger partial charge in [0.25, 0.3) is 17.7 Å². The Morgan fingerprint density at radius 1 is 1.17 bits per heavy atom. The third-order valence-electron chi connectivity index (χ3n) is 7.44. The number of likely N-dealkylation sites (tertiary alicyclic amines) is 1. The Morgan fingerprint density at radius 3 is 2.49 bits per heavy atom. The third kappa shape index (κ3) is 7.70. The molecule has 47 heavy (non-hydrogen) atoms. The van der Waals surface area contributed by atoms with Gasteiger partial charge in [-0.1, -0.05) is 23.7 Å². The van der Waals surface area contributed by atoms with E-state index < -0.39 is 92.1 Å². The van der Waals surface area contributed by atoms with Crippen LogP contribution < -0.4 is 10.2 Å². The molecule has 2 aliphatic heterocycles. The number of hydrogen-bond donors (Lipinski definition) is 1. The summed E-state index contributed by atoms with van der Waals surface area (Å²) in [5.41, 5.74) is -1.09. The summed E-state index contributed by atoms with van der Waals surface area (Å²) in [5, 5.41) is 10.4. The van der Waals surface area contributed by atoms with Gasteiger partial charge < -0.3 is 24.3 Å². The van der Waals surface area contributed by atoms with Crippen LogP contribution in [-0.2, 0) is 30.7 Å². The number of rotatable bonds is 5. The summed E-state index contributed by atoms with van der Waals surface area (Å²) in [7, 11) is -4.42. The lowest BCUT2D eigenvalue weighted by atomic mass is 9.95. The summed E-state index contributed by atoms with van der Waals surface area (Å²) in [6, 6.07) is 6.45. The Labute approximate surface area is 273 Å². The number of nitrogens with one attached hydrogen (secondary N) is 1. The molecule has 0 saturated carbocycles. The first-order chi connectivity index (χ1) is 21.8. The van der Waals surface area contributed by atoms with Crippen molar-refractivity contribution in [3.8, 4) is 11.5 Å². The number of benzene rings is 2. The van der Waals surface area contributed by atoms with E-state index >= 15 is 4.39 Å². The summed E-state index contributed by atoms with van der Waals surface area (Å²) in [4.78, 5) is 39.9. The van der Waals surface area contributed by atoms with E-state index in [1.807, 2.05) is 0 Å². The van der Waals surface area contributed by atoms with Crippen molar-refractivity contribution in [1.29, 1.82) is 0 Å². The summed E-state index contributed by atoms with van der Waals surface area (Å²) in [6.07, 6.45) is -1.73. The minimum Gasteiger partial charge on any atom is -0.444 e. The van der Waals surface area contributed by atoms with Crippen molar-refractivity contribution in [1.82, 2.24) is 20.4 Å². The molecule has 1 saturated heterocycles. The molecular formula is C30H31ClF3N5O7S. The first-order valence-corrected chi connectivity index (χ1v) is 16.4. The maximum atomic E-state index is 15.7. The molecule has 1 aromatic heterocycles. The molecular weight excluding hydrogens is 667 g/mol. The molecule has 12 nitrogen and oxygen atoms in total. The standard InChI is InChI=1S/C30H31ClF3N5O7S/c1-16(40)38-13-18(11-30(33,34)15-38)25-36-37-26(45-25)20-9-23-24(10-21(20)32)47(43,44)14-22(35-28(42)46-29(2,3)4)27(41)39(23)12-17-5-7-19(31)8-6-17/h5-10,18,22H,11-15H2,1-4H3,(H,35,42)/t18?,22-/m0/s1. The lowest BCUT2D eigenvalue weighted by molar-refractivity contribution is -0.141. The zero-order chi connectivity index (χ0) is 34.5. The number of halogens is 4. The summed E-state index contributed by atoms with van der Waals surface area (Å²) in [6.45, 7) is 4.81. The van der Waals surface area contributed by atoms with Gasteiger partial charge in [0.2, 0.25) is 11.8 Å². The van der Waals surface area contributed by atoms with Gasteiger partial charge in [-0.3, -0.25) is 9.59 Å². The second kappa shape index (κ2) is 12.4. The average molecular weight is 698 g/mol. The zero-order valence-electron chi connectivity index (χ0n) is 25.7. The van der Waals surface area contributed by atoms with Gasteiger partial charge in [0.05, 0.1) is 40.9 Å². The van der Waals surface area contributed by atoms with Gasteiger partial charge >= 0.3 is 6.09 Å². The van der Waals surface area contributed by atoms with Gasteiger partial charge in [-0.15, -0.1) is 10.2 Å². The molecule has 1 N–H and O–H groups in total. The molecule has 1 fully saturated rings. The Bertz CT molecular complexity index is 1830. The van der Waals surface area contributed by atoms with Crippen molar-refractivity contribution in [2.24, 2.45) is 0 Å². The molecule has 2 atom stereocenters. The van der Waals surface area contributed by atoms with Gasteiger partial charge in [0.1, 0.15) is 17.5 Å². The SMILES string of the molecule is CC(=O)N1CC(c2nnc(-c3cc4c(cc3F)S(=O)(=O)C[C@H](NC(=O)OC(C)(C)C)C(=O)N4Cc3ccc(Cl)cc3)o2)CC(F)(F)C1. The maximum Gasteiger partial charge on any atom is 0.408 e. The largest absolute Gasteiger partial charge is 0.444 e. The van der Waals surface area contributed by atoms with Crippen molar-refractivity contribution in [3.63, 3.8) is 0 Å². The Balaban J connectivity index is 1.57. The third-order valence-corrected chi connectivity index (χ3v) is 9.46. The van der Waals surface area contributed by atoms with Gasteiger partial charge in [-0.2, -0.15) is 0 Å². The lowest BCUT2D eigenvalue weighted by Gasteiger charge is -2.35. The molecule has 17 heteroatoms. The fraction of sp³-hybridized carbons (Fsp3) is 0.433. The number of ether oxygens (including phenoxy) is 1. The van der Waals surface area contributed by atoms with Crippen LogP contribution in [0, 0.1) is 5.82 Å². The molecule has 2 aliphatic rings. The lowest BCUT2D eigenvalue weighted by Crippen LogP contribution is -2.51. The van der Waals surface area contributed by atoms with Gasteiger partial charge in [0.15, 0.2) is 9.84 Å². The molecule has 3 amide bonds. The van der Waals surface area contributed by atoms with Crippen molar-refractivity contribution in [3.05, 3.63) is 58.7 Å². The zero-order valence-corrected chi connectivity index (χ0v) is 27.3. The molecule has 1 unspecified atom stereocenters. The number of hydrogen-bond acceptors (Lipinski definition) is 9. The first-order valence-electron chi connectivity index (χ1n) is 14.4. The fourth-order valence-electron chi connectivity index (χ4n) is 5.36. The average Bonchev–Trinajstić information content (AvgIpc) is 3.42. The van der Waals surface area contributed by atoms with Crippen LogP contribution in [-0.4, -0.2) is 77.8 Å². The fourth-order valence-corrected chi connectivity index (χ4v) is 7.10. The van der Waals surface area contributed by atoms with E-state index in [0.717, 1.165) is 22.8 Å². The van der Waals surface area contributed by atoms with Crippen LogP contribution in [0.4, 0.5) is 23.7 Å². The first kappa shape index (κ1) is 34.2. The van der Waals surface area contributed by atoms with E-state index in [1.165, 1.54) is 0 Å². The van der Waals surface area contributed by atoms with Crippen LogP contribution in [0.15, 0.2) is 45.7 Å². The second-order valence-electron chi connectivity index (χ2n) is 12.4. The van der Waals surface area contributed by atoms with Crippen molar-refractivity contribution >= 4 is 45.0 Å². The van der Waals surface area contributed by atoms with E-state index in [1.54, 1.807) is 45.0 Å². The quantitative estimate of drug-likeness (QED) is 0.400. The van der Waals surface area contributed by atoms with Crippen LogP contribution in [0.1, 0.15) is 51.5 Å². The van der Waals surface area contributed by atoms with Gasteiger partial charge in [-0.05, 0) is 50.6 Å². The number of alkyl halides is 2. The van der Waals surface area contributed by atoms with E-state index in [2.05, 4.69) is 15.5 Å². The van der Waals surface area contributed by atoms with Crippen molar-refractivity contribution in [2.45, 2.75) is 69.0 Å². The van der Waals surface area contributed by atoms with Crippen LogP contribution in [0.2, 0.25) is 5.02 Å². The summed E-state index contributed by atoms with van der Waals surface area (Å²) >= 11 is 6.02. The topological polar surface area (TPSA) is 152 Å². The van der Waals surface area contributed by atoms with E-state index in [4.69, 9.17) is 20.8 Å². The smallest absolute Gasteiger partial charge is 0.408 e.